The maximum atomic E-state index is 13.1. The van der Waals surface area contributed by atoms with Crippen molar-refractivity contribution in [3.63, 3.8) is 0 Å². The van der Waals surface area contributed by atoms with Gasteiger partial charge in [0, 0.05) is 13.0 Å². The maximum absolute atomic E-state index is 13.1. The minimum atomic E-state index is -0.273. The third-order valence-electron chi connectivity index (χ3n) is 5.47. The number of quaternary nitrogens is 1. The summed E-state index contributed by atoms with van der Waals surface area (Å²) in [6.45, 7) is 8.49. The Bertz CT molecular complexity index is 737. The van der Waals surface area contributed by atoms with E-state index in [1.807, 2.05) is 6.92 Å². The van der Waals surface area contributed by atoms with Crippen molar-refractivity contribution >= 4 is 5.91 Å². The third kappa shape index (κ3) is 5.35. The number of hydrogen-bond donors (Lipinski definition) is 2. The van der Waals surface area contributed by atoms with Crippen LogP contribution in [0.5, 0.6) is 0 Å². The first-order valence-electron chi connectivity index (χ1n) is 9.82. The standard InChI is InChI=1S/C20H28FN5O/c1-15-8-12-25(13-9-15)11-3-10-22-20(27)19-14-26(24-23-19)16(2)17-4-6-18(21)7-5-17/h4-7,14-16H,3,8-13H2,1-2H3,(H,22,27)/p+1/t16-/m0/s1. The van der Waals surface area contributed by atoms with Crippen LogP contribution < -0.4 is 10.2 Å². The number of amides is 1. The number of halogens is 1. The molecular formula is C20H29FN5O+. The molecule has 2 aromatic rings. The second-order valence-corrected chi connectivity index (χ2v) is 7.60. The van der Waals surface area contributed by atoms with E-state index in [1.165, 1.54) is 38.1 Å². The predicted molar refractivity (Wildman–Crippen MR) is 101 cm³/mol. The Labute approximate surface area is 159 Å². The van der Waals surface area contributed by atoms with Gasteiger partial charge in [-0.2, -0.15) is 0 Å². The molecule has 7 heteroatoms. The number of carbonyl (C=O) groups excluding carboxylic acids is 1. The van der Waals surface area contributed by atoms with Gasteiger partial charge in [-0.1, -0.05) is 24.3 Å². The number of aromatic nitrogens is 3. The summed E-state index contributed by atoms with van der Waals surface area (Å²) in [6.07, 6.45) is 5.21. The predicted octanol–water partition coefficient (Wildman–Crippen LogP) is 1.46. The number of piperidine rings is 1. The monoisotopic (exact) mass is 374 g/mol. The van der Waals surface area contributed by atoms with E-state index in [2.05, 4.69) is 22.6 Å². The molecule has 1 fully saturated rings. The zero-order valence-corrected chi connectivity index (χ0v) is 16.1. The maximum Gasteiger partial charge on any atom is 0.273 e. The molecular weight excluding hydrogens is 345 g/mol. The van der Waals surface area contributed by atoms with Crippen LogP contribution in [0.25, 0.3) is 0 Å². The molecule has 1 aliphatic rings. The highest BCUT2D eigenvalue weighted by Crippen LogP contribution is 2.17. The molecule has 146 valence electrons. The fraction of sp³-hybridized carbons (Fsp3) is 0.550. The molecule has 1 aromatic carbocycles. The second kappa shape index (κ2) is 9.08. The minimum Gasteiger partial charge on any atom is -0.350 e. The molecule has 2 N–H and O–H groups in total. The molecule has 0 aliphatic carbocycles. The Morgan fingerprint density at radius 1 is 1.33 bits per heavy atom. The largest absolute Gasteiger partial charge is 0.350 e. The van der Waals surface area contributed by atoms with Crippen LogP contribution in [0.15, 0.2) is 30.5 Å². The zero-order chi connectivity index (χ0) is 19.2. The van der Waals surface area contributed by atoms with Gasteiger partial charge in [0.25, 0.3) is 5.91 Å². The van der Waals surface area contributed by atoms with Crippen molar-refractivity contribution in [2.24, 2.45) is 5.92 Å². The fourth-order valence-corrected chi connectivity index (χ4v) is 3.52. The van der Waals surface area contributed by atoms with Crippen molar-refractivity contribution in [1.29, 1.82) is 0 Å². The average Bonchev–Trinajstić information content (AvgIpc) is 3.17. The molecule has 0 radical (unpaired) electrons. The van der Waals surface area contributed by atoms with Gasteiger partial charge in [0.1, 0.15) is 5.82 Å². The van der Waals surface area contributed by atoms with Crippen LogP contribution in [0, 0.1) is 11.7 Å². The Morgan fingerprint density at radius 3 is 2.74 bits per heavy atom. The smallest absolute Gasteiger partial charge is 0.273 e. The van der Waals surface area contributed by atoms with Gasteiger partial charge in [-0.15, -0.1) is 5.10 Å². The molecule has 1 saturated heterocycles. The quantitative estimate of drug-likeness (QED) is 0.722. The van der Waals surface area contributed by atoms with Crippen LogP contribution in [-0.2, 0) is 0 Å². The average molecular weight is 374 g/mol. The SMILES string of the molecule is CC1CC[NH+](CCCNC(=O)c2cn([C@@H](C)c3ccc(F)cc3)nn2)CC1. The van der Waals surface area contributed by atoms with Crippen LogP contribution in [-0.4, -0.2) is 47.1 Å². The van der Waals surface area contributed by atoms with E-state index < -0.39 is 0 Å². The summed E-state index contributed by atoms with van der Waals surface area (Å²) in [5.41, 5.74) is 1.22. The summed E-state index contributed by atoms with van der Waals surface area (Å²) in [4.78, 5) is 13.9. The lowest BCUT2D eigenvalue weighted by molar-refractivity contribution is -0.906. The van der Waals surface area contributed by atoms with Crippen molar-refractivity contribution in [2.45, 2.75) is 39.2 Å². The first-order valence-corrected chi connectivity index (χ1v) is 9.82. The number of likely N-dealkylation sites (tertiary alicyclic amines) is 1. The van der Waals surface area contributed by atoms with Crippen molar-refractivity contribution in [1.82, 2.24) is 20.3 Å². The van der Waals surface area contributed by atoms with Crippen molar-refractivity contribution in [3.05, 3.63) is 47.5 Å². The van der Waals surface area contributed by atoms with E-state index in [1.54, 1.807) is 27.9 Å². The number of nitrogens with zero attached hydrogens (tertiary/aromatic N) is 3. The van der Waals surface area contributed by atoms with Crippen LogP contribution in [0.2, 0.25) is 0 Å². The highest BCUT2D eigenvalue weighted by atomic mass is 19.1. The van der Waals surface area contributed by atoms with E-state index in [4.69, 9.17) is 0 Å². The summed E-state index contributed by atoms with van der Waals surface area (Å²) >= 11 is 0. The van der Waals surface area contributed by atoms with E-state index in [0.717, 1.165) is 24.4 Å². The summed E-state index contributed by atoms with van der Waals surface area (Å²) < 4.78 is 14.7. The zero-order valence-electron chi connectivity index (χ0n) is 16.1. The van der Waals surface area contributed by atoms with E-state index >= 15 is 0 Å². The topological polar surface area (TPSA) is 64.2 Å². The summed E-state index contributed by atoms with van der Waals surface area (Å²) in [5, 5.41) is 11.0. The number of nitrogens with one attached hydrogen (secondary N) is 2. The van der Waals surface area contributed by atoms with E-state index in [-0.39, 0.29) is 17.8 Å². The number of rotatable bonds is 7. The summed E-state index contributed by atoms with van der Waals surface area (Å²) in [7, 11) is 0. The Hall–Kier alpha value is -2.28. The summed E-state index contributed by atoms with van der Waals surface area (Å²) in [5.74, 6) is 0.383. The molecule has 1 amide bonds. The van der Waals surface area contributed by atoms with Crippen LogP contribution in [0.3, 0.4) is 0 Å². The molecule has 3 rings (SSSR count). The van der Waals surface area contributed by atoms with Gasteiger partial charge in [0.05, 0.1) is 31.9 Å². The van der Waals surface area contributed by atoms with Gasteiger partial charge in [-0.05, 0) is 43.4 Å². The molecule has 6 nitrogen and oxygen atoms in total. The lowest BCUT2D eigenvalue weighted by Crippen LogP contribution is -3.13. The molecule has 1 aromatic heterocycles. The molecule has 0 bridgehead atoms. The lowest BCUT2D eigenvalue weighted by Gasteiger charge is -2.27. The van der Waals surface area contributed by atoms with E-state index in [0.29, 0.717) is 12.2 Å². The first-order chi connectivity index (χ1) is 13.0. The van der Waals surface area contributed by atoms with Crippen LogP contribution in [0.4, 0.5) is 4.39 Å². The number of carbonyl (C=O) groups is 1. The first kappa shape index (κ1) is 19.5. The van der Waals surface area contributed by atoms with Gasteiger partial charge >= 0.3 is 0 Å². The van der Waals surface area contributed by atoms with Gasteiger partial charge < -0.3 is 10.2 Å². The molecule has 0 spiro atoms. The van der Waals surface area contributed by atoms with Crippen LogP contribution in [0.1, 0.15) is 55.2 Å². The van der Waals surface area contributed by atoms with Gasteiger partial charge in [-0.25, -0.2) is 9.07 Å². The van der Waals surface area contributed by atoms with Gasteiger partial charge in [0.2, 0.25) is 0 Å². The molecule has 1 aliphatic heterocycles. The molecule has 0 unspecified atom stereocenters. The van der Waals surface area contributed by atoms with Crippen molar-refractivity contribution < 1.29 is 14.1 Å². The van der Waals surface area contributed by atoms with Crippen molar-refractivity contribution in [2.75, 3.05) is 26.2 Å². The Balaban J connectivity index is 1.44. The normalized spacial score (nSPS) is 21.0. The highest BCUT2D eigenvalue weighted by Gasteiger charge is 2.19. The molecule has 0 saturated carbocycles. The lowest BCUT2D eigenvalue weighted by atomic mass is 9.99. The van der Waals surface area contributed by atoms with Gasteiger partial charge in [0.15, 0.2) is 5.69 Å². The van der Waals surface area contributed by atoms with Gasteiger partial charge in [-0.3, -0.25) is 4.79 Å². The molecule has 1 atom stereocenters. The van der Waals surface area contributed by atoms with Crippen molar-refractivity contribution in [3.8, 4) is 0 Å². The third-order valence-corrected chi connectivity index (χ3v) is 5.47. The summed E-state index contributed by atoms with van der Waals surface area (Å²) in [6, 6.07) is 6.14. The minimum absolute atomic E-state index is 0.121. The fourth-order valence-electron chi connectivity index (χ4n) is 3.52. The Kier molecular flexibility index (Phi) is 6.55. The number of benzene rings is 1. The number of hydrogen-bond acceptors (Lipinski definition) is 3. The van der Waals surface area contributed by atoms with E-state index in [9.17, 15) is 9.18 Å². The van der Waals surface area contributed by atoms with Crippen LogP contribution >= 0.6 is 0 Å². The molecule has 2 heterocycles. The Morgan fingerprint density at radius 2 is 2.04 bits per heavy atom. The highest BCUT2D eigenvalue weighted by molar-refractivity contribution is 5.91. The molecule has 27 heavy (non-hydrogen) atoms. The second-order valence-electron chi connectivity index (χ2n) is 7.60.